The highest BCUT2D eigenvalue weighted by Gasteiger charge is 2.33. The van der Waals surface area contributed by atoms with Gasteiger partial charge in [-0.3, -0.25) is 0 Å². The average Bonchev–Trinajstić information content (AvgIpc) is 2.16. The molecule has 0 aromatic heterocycles. The molecule has 0 radical (unpaired) electrons. The van der Waals surface area contributed by atoms with Crippen LogP contribution in [-0.2, 0) is 12.1 Å². The van der Waals surface area contributed by atoms with Crippen LogP contribution in [-0.4, -0.2) is 6.54 Å². The lowest BCUT2D eigenvalue weighted by molar-refractivity contribution is -0.137. The second-order valence-electron chi connectivity index (χ2n) is 3.32. The SMILES string of the molecule is NCCC(F)(F)c1ccc(C(F)(F)F)cc1. The van der Waals surface area contributed by atoms with Gasteiger partial charge < -0.3 is 5.73 Å². The summed E-state index contributed by atoms with van der Waals surface area (Å²) in [5.74, 6) is -3.18. The molecule has 0 aliphatic rings. The van der Waals surface area contributed by atoms with Crippen LogP contribution in [0, 0.1) is 0 Å². The highest BCUT2D eigenvalue weighted by molar-refractivity contribution is 5.27. The molecule has 6 heteroatoms. The van der Waals surface area contributed by atoms with E-state index in [9.17, 15) is 22.0 Å². The summed E-state index contributed by atoms with van der Waals surface area (Å²) in [6.07, 6.45) is -5.10. The molecule has 0 saturated heterocycles. The third-order valence-electron chi connectivity index (χ3n) is 2.09. The van der Waals surface area contributed by atoms with E-state index in [2.05, 4.69) is 0 Å². The molecule has 0 saturated carbocycles. The van der Waals surface area contributed by atoms with Gasteiger partial charge in [-0.2, -0.15) is 13.2 Å². The Hall–Kier alpha value is -1.17. The predicted molar refractivity (Wildman–Crippen MR) is 49.0 cm³/mol. The van der Waals surface area contributed by atoms with Crippen LogP contribution in [0.3, 0.4) is 0 Å². The molecule has 1 rings (SSSR count). The molecule has 1 aromatic rings. The molecule has 2 N–H and O–H groups in total. The zero-order valence-corrected chi connectivity index (χ0v) is 8.19. The maximum absolute atomic E-state index is 13.2. The molecular formula is C10H10F5N. The van der Waals surface area contributed by atoms with Gasteiger partial charge in [-0.1, -0.05) is 12.1 Å². The molecule has 0 amide bonds. The molecule has 0 spiro atoms. The minimum atomic E-state index is -4.51. The van der Waals surface area contributed by atoms with Crippen LogP contribution in [0.2, 0.25) is 0 Å². The fourth-order valence-electron chi connectivity index (χ4n) is 1.23. The van der Waals surface area contributed by atoms with E-state index >= 15 is 0 Å². The number of nitrogens with two attached hydrogens (primary N) is 1. The smallest absolute Gasteiger partial charge is 0.330 e. The lowest BCUT2D eigenvalue weighted by atomic mass is 10.0. The van der Waals surface area contributed by atoms with Crippen molar-refractivity contribution >= 4 is 0 Å². The van der Waals surface area contributed by atoms with E-state index in [4.69, 9.17) is 5.73 Å². The van der Waals surface area contributed by atoms with Gasteiger partial charge >= 0.3 is 6.18 Å². The second kappa shape index (κ2) is 4.37. The standard InChI is InChI=1S/C10H10F5N/c11-9(12,5-6-16)7-1-3-8(4-2-7)10(13,14)15/h1-4H,5-6,16H2. The van der Waals surface area contributed by atoms with Crippen molar-refractivity contribution in [3.63, 3.8) is 0 Å². The van der Waals surface area contributed by atoms with Gasteiger partial charge in [0.25, 0.3) is 5.92 Å². The van der Waals surface area contributed by atoms with Crippen molar-refractivity contribution in [2.45, 2.75) is 18.5 Å². The molecule has 0 unspecified atom stereocenters. The van der Waals surface area contributed by atoms with Gasteiger partial charge in [-0.15, -0.1) is 0 Å². The molecule has 90 valence electrons. The molecule has 0 heterocycles. The average molecular weight is 239 g/mol. The van der Waals surface area contributed by atoms with Gasteiger partial charge in [0.15, 0.2) is 0 Å². The lowest BCUT2D eigenvalue weighted by Crippen LogP contribution is -2.18. The van der Waals surface area contributed by atoms with Crippen molar-refractivity contribution in [3.05, 3.63) is 35.4 Å². The summed E-state index contributed by atoms with van der Waals surface area (Å²) < 4.78 is 62.9. The van der Waals surface area contributed by atoms with Crippen LogP contribution < -0.4 is 5.73 Å². The third kappa shape index (κ3) is 2.91. The van der Waals surface area contributed by atoms with Crippen LogP contribution >= 0.6 is 0 Å². The van der Waals surface area contributed by atoms with Crippen LogP contribution in [0.15, 0.2) is 24.3 Å². The summed E-state index contributed by atoms with van der Waals surface area (Å²) in [6, 6.07) is 2.83. The van der Waals surface area contributed by atoms with Crippen molar-refractivity contribution in [3.8, 4) is 0 Å². The van der Waals surface area contributed by atoms with Gasteiger partial charge in [0.2, 0.25) is 0 Å². The Bertz CT molecular complexity index is 341. The van der Waals surface area contributed by atoms with E-state index in [1.54, 1.807) is 0 Å². The first-order chi connectivity index (χ1) is 7.27. The molecule has 0 atom stereocenters. The van der Waals surface area contributed by atoms with Gasteiger partial charge in [0.05, 0.1) is 5.56 Å². The normalized spacial score (nSPS) is 12.9. The zero-order chi connectivity index (χ0) is 12.4. The first-order valence-electron chi connectivity index (χ1n) is 4.53. The molecular weight excluding hydrogens is 229 g/mol. The van der Waals surface area contributed by atoms with E-state index in [1.807, 2.05) is 0 Å². The van der Waals surface area contributed by atoms with Crippen molar-refractivity contribution in [2.24, 2.45) is 5.73 Å². The van der Waals surface area contributed by atoms with Gasteiger partial charge in [-0.25, -0.2) is 8.78 Å². The first kappa shape index (κ1) is 12.9. The molecule has 0 fully saturated rings. The number of rotatable bonds is 3. The predicted octanol–water partition coefficient (Wildman–Crippen LogP) is 3.15. The largest absolute Gasteiger partial charge is 0.416 e. The maximum Gasteiger partial charge on any atom is 0.416 e. The van der Waals surface area contributed by atoms with E-state index in [0.717, 1.165) is 12.1 Å². The topological polar surface area (TPSA) is 26.0 Å². The summed E-state index contributed by atoms with van der Waals surface area (Å²) >= 11 is 0. The summed E-state index contributed by atoms with van der Waals surface area (Å²) in [7, 11) is 0. The minimum Gasteiger partial charge on any atom is -0.330 e. The van der Waals surface area contributed by atoms with E-state index < -0.39 is 29.6 Å². The number of benzene rings is 1. The van der Waals surface area contributed by atoms with Crippen molar-refractivity contribution in [1.82, 2.24) is 0 Å². The molecule has 0 aliphatic heterocycles. The monoisotopic (exact) mass is 239 g/mol. The number of hydrogen-bond donors (Lipinski definition) is 1. The van der Waals surface area contributed by atoms with Crippen molar-refractivity contribution in [1.29, 1.82) is 0 Å². The van der Waals surface area contributed by atoms with Gasteiger partial charge in [0, 0.05) is 12.0 Å². The lowest BCUT2D eigenvalue weighted by Gasteiger charge is -2.16. The van der Waals surface area contributed by atoms with E-state index in [0.29, 0.717) is 12.1 Å². The Labute approximate surface area is 89.1 Å². The quantitative estimate of drug-likeness (QED) is 0.805. The minimum absolute atomic E-state index is 0.228. The number of halogens is 5. The van der Waals surface area contributed by atoms with Gasteiger partial charge in [-0.05, 0) is 18.7 Å². The Morgan fingerprint density at radius 3 is 1.69 bits per heavy atom. The second-order valence-corrected chi connectivity index (χ2v) is 3.32. The third-order valence-corrected chi connectivity index (χ3v) is 2.09. The van der Waals surface area contributed by atoms with Crippen molar-refractivity contribution < 1.29 is 22.0 Å². The Morgan fingerprint density at radius 1 is 0.875 bits per heavy atom. The number of alkyl halides is 5. The fraction of sp³-hybridized carbons (Fsp3) is 0.400. The van der Waals surface area contributed by atoms with Crippen LogP contribution in [0.4, 0.5) is 22.0 Å². The van der Waals surface area contributed by atoms with Crippen LogP contribution in [0.1, 0.15) is 17.5 Å². The molecule has 0 aliphatic carbocycles. The molecule has 0 bridgehead atoms. The Balaban J connectivity index is 2.95. The zero-order valence-electron chi connectivity index (χ0n) is 8.19. The maximum atomic E-state index is 13.2. The summed E-state index contributed by atoms with van der Waals surface area (Å²) in [4.78, 5) is 0. The molecule has 16 heavy (non-hydrogen) atoms. The summed E-state index contributed by atoms with van der Waals surface area (Å²) in [6.45, 7) is -0.228. The molecule has 1 aromatic carbocycles. The summed E-state index contributed by atoms with van der Waals surface area (Å²) in [5, 5.41) is 0. The number of hydrogen-bond acceptors (Lipinski definition) is 1. The highest BCUT2D eigenvalue weighted by atomic mass is 19.4. The molecule has 1 nitrogen and oxygen atoms in total. The fourth-order valence-corrected chi connectivity index (χ4v) is 1.23. The van der Waals surface area contributed by atoms with Crippen LogP contribution in [0.25, 0.3) is 0 Å². The van der Waals surface area contributed by atoms with Gasteiger partial charge in [0.1, 0.15) is 0 Å². The van der Waals surface area contributed by atoms with E-state index in [-0.39, 0.29) is 6.54 Å². The Morgan fingerprint density at radius 2 is 1.31 bits per heavy atom. The summed E-state index contributed by atoms with van der Waals surface area (Å²) in [5.41, 5.74) is 3.59. The first-order valence-corrected chi connectivity index (χ1v) is 4.53. The van der Waals surface area contributed by atoms with Crippen LogP contribution in [0.5, 0.6) is 0 Å². The highest BCUT2D eigenvalue weighted by Crippen LogP contribution is 2.34. The Kier molecular flexibility index (Phi) is 3.52. The van der Waals surface area contributed by atoms with Crippen molar-refractivity contribution in [2.75, 3.05) is 6.54 Å². The van der Waals surface area contributed by atoms with E-state index in [1.165, 1.54) is 0 Å².